The molecule has 1 N–H and O–H groups in total. The van der Waals surface area contributed by atoms with Crippen molar-refractivity contribution in [2.45, 2.75) is 25.9 Å². The molecule has 1 fully saturated rings. The van der Waals surface area contributed by atoms with Gasteiger partial charge in [0.1, 0.15) is 6.61 Å². The van der Waals surface area contributed by atoms with Gasteiger partial charge in [0.25, 0.3) is 0 Å². The van der Waals surface area contributed by atoms with Crippen LogP contribution < -0.4 is 9.47 Å². The van der Waals surface area contributed by atoms with E-state index in [0.717, 1.165) is 17.9 Å². The Morgan fingerprint density at radius 1 is 1.26 bits per heavy atom. The molecule has 0 aliphatic carbocycles. The Bertz CT molecular complexity index is 400. The minimum Gasteiger partial charge on any atom is -0.493 e. The van der Waals surface area contributed by atoms with Gasteiger partial charge < -0.3 is 14.6 Å². The van der Waals surface area contributed by atoms with Crippen LogP contribution in [-0.4, -0.2) is 43.4 Å². The number of hydrogen-bond acceptors (Lipinski definition) is 4. The molecule has 106 valence electrons. The van der Waals surface area contributed by atoms with Crippen LogP contribution in [-0.2, 0) is 0 Å². The number of likely N-dealkylation sites (tertiary alicyclic amines) is 1. The van der Waals surface area contributed by atoms with Gasteiger partial charge in [-0.25, -0.2) is 0 Å². The van der Waals surface area contributed by atoms with Crippen molar-refractivity contribution >= 4 is 0 Å². The van der Waals surface area contributed by atoms with E-state index >= 15 is 0 Å². The minimum absolute atomic E-state index is 0.493. The SMILES string of the molecule is COc1cc([C@@H](C)O)ccc1OCCN1CCCC1. The predicted octanol–water partition coefficient (Wildman–Crippen LogP) is 2.22. The zero-order valence-electron chi connectivity index (χ0n) is 11.8. The Morgan fingerprint density at radius 2 is 2.00 bits per heavy atom. The third kappa shape index (κ3) is 3.85. The highest BCUT2D eigenvalue weighted by molar-refractivity contribution is 5.43. The molecule has 0 spiro atoms. The van der Waals surface area contributed by atoms with Crippen LogP contribution in [0.25, 0.3) is 0 Å². The van der Waals surface area contributed by atoms with Gasteiger partial charge in [0.2, 0.25) is 0 Å². The molecule has 1 saturated heterocycles. The number of hydrogen-bond donors (Lipinski definition) is 1. The topological polar surface area (TPSA) is 41.9 Å². The number of methoxy groups -OCH3 is 1. The average Bonchev–Trinajstić information content (AvgIpc) is 2.92. The normalized spacial score (nSPS) is 17.4. The molecule has 0 saturated carbocycles. The van der Waals surface area contributed by atoms with Crippen molar-refractivity contribution < 1.29 is 14.6 Å². The van der Waals surface area contributed by atoms with Gasteiger partial charge >= 0.3 is 0 Å². The molecule has 1 aliphatic heterocycles. The molecule has 4 nitrogen and oxygen atoms in total. The second kappa shape index (κ2) is 6.78. The maximum absolute atomic E-state index is 9.55. The lowest BCUT2D eigenvalue weighted by molar-refractivity contribution is 0.198. The molecule has 0 radical (unpaired) electrons. The van der Waals surface area contributed by atoms with Crippen molar-refractivity contribution in [2.24, 2.45) is 0 Å². The van der Waals surface area contributed by atoms with Crippen molar-refractivity contribution in [2.75, 3.05) is 33.4 Å². The molecule has 2 rings (SSSR count). The Hall–Kier alpha value is -1.26. The van der Waals surface area contributed by atoms with Gasteiger partial charge in [-0.3, -0.25) is 4.90 Å². The molecule has 0 aromatic heterocycles. The van der Waals surface area contributed by atoms with Gasteiger partial charge in [-0.05, 0) is 50.6 Å². The first-order valence-corrected chi connectivity index (χ1v) is 6.92. The molecule has 0 unspecified atom stereocenters. The zero-order chi connectivity index (χ0) is 13.7. The van der Waals surface area contributed by atoms with Gasteiger partial charge in [0.05, 0.1) is 13.2 Å². The summed E-state index contributed by atoms with van der Waals surface area (Å²) < 4.78 is 11.1. The summed E-state index contributed by atoms with van der Waals surface area (Å²) in [5, 5.41) is 9.55. The molecule has 1 aromatic carbocycles. The van der Waals surface area contributed by atoms with E-state index in [0.29, 0.717) is 12.4 Å². The van der Waals surface area contributed by atoms with Crippen LogP contribution in [0.2, 0.25) is 0 Å². The third-order valence-corrected chi connectivity index (χ3v) is 3.53. The highest BCUT2D eigenvalue weighted by atomic mass is 16.5. The summed E-state index contributed by atoms with van der Waals surface area (Å²) in [6.45, 7) is 5.73. The quantitative estimate of drug-likeness (QED) is 0.856. The fourth-order valence-corrected chi connectivity index (χ4v) is 2.35. The predicted molar refractivity (Wildman–Crippen MR) is 74.8 cm³/mol. The summed E-state index contributed by atoms with van der Waals surface area (Å²) in [6, 6.07) is 5.57. The van der Waals surface area contributed by atoms with E-state index in [2.05, 4.69) is 4.90 Å². The summed E-state index contributed by atoms with van der Waals surface area (Å²) in [5.41, 5.74) is 0.837. The summed E-state index contributed by atoms with van der Waals surface area (Å²) in [6.07, 6.45) is 2.10. The summed E-state index contributed by atoms with van der Waals surface area (Å²) in [5.74, 6) is 1.42. The van der Waals surface area contributed by atoms with E-state index in [1.807, 2.05) is 18.2 Å². The van der Waals surface area contributed by atoms with Crippen LogP contribution in [0.1, 0.15) is 31.4 Å². The minimum atomic E-state index is -0.493. The van der Waals surface area contributed by atoms with E-state index in [4.69, 9.17) is 9.47 Å². The third-order valence-electron chi connectivity index (χ3n) is 3.53. The molecule has 1 aliphatic rings. The number of benzene rings is 1. The van der Waals surface area contributed by atoms with Gasteiger partial charge in [0, 0.05) is 6.54 Å². The van der Waals surface area contributed by atoms with Gasteiger partial charge in [-0.15, -0.1) is 0 Å². The van der Waals surface area contributed by atoms with Crippen LogP contribution in [0.5, 0.6) is 11.5 Å². The van der Waals surface area contributed by atoms with Crippen LogP contribution in [0.4, 0.5) is 0 Å². The van der Waals surface area contributed by atoms with E-state index in [1.165, 1.54) is 25.9 Å². The lowest BCUT2D eigenvalue weighted by Gasteiger charge is -2.17. The highest BCUT2D eigenvalue weighted by Crippen LogP contribution is 2.30. The van der Waals surface area contributed by atoms with Crippen molar-refractivity contribution in [1.82, 2.24) is 4.90 Å². The fourth-order valence-electron chi connectivity index (χ4n) is 2.35. The molecule has 1 heterocycles. The van der Waals surface area contributed by atoms with Crippen LogP contribution in [0.15, 0.2) is 18.2 Å². The van der Waals surface area contributed by atoms with Gasteiger partial charge in [-0.2, -0.15) is 0 Å². The second-order valence-electron chi connectivity index (χ2n) is 4.98. The second-order valence-corrected chi connectivity index (χ2v) is 4.98. The average molecular weight is 265 g/mol. The number of aliphatic hydroxyl groups excluding tert-OH is 1. The summed E-state index contributed by atoms with van der Waals surface area (Å²) >= 11 is 0. The van der Waals surface area contributed by atoms with Crippen molar-refractivity contribution in [3.8, 4) is 11.5 Å². The standard InChI is InChI=1S/C15H23NO3/c1-12(17)13-5-6-14(15(11-13)18-2)19-10-9-16-7-3-4-8-16/h5-6,11-12,17H,3-4,7-10H2,1-2H3/t12-/m1/s1. The van der Waals surface area contributed by atoms with Crippen molar-refractivity contribution in [3.63, 3.8) is 0 Å². The molecule has 1 atom stereocenters. The van der Waals surface area contributed by atoms with Crippen molar-refractivity contribution in [3.05, 3.63) is 23.8 Å². The lowest BCUT2D eigenvalue weighted by Crippen LogP contribution is -2.25. The van der Waals surface area contributed by atoms with E-state index in [9.17, 15) is 5.11 Å². The van der Waals surface area contributed by atoms with Crippen molar-refractivity contribution in [1.29, 1.82) is 0 Å². The molecule has 4 heteroatoms. The first-order valence-electron chi connectivity index (χ1n) is 6.92. The van der Waals surface area contributed by atoms with Crippen LogP contribution in [0, 0.1) is 0 Å². The molecule has 1 aromatic rings. The zero-order valence-corrected chi connectivity index (χ0v) is 11.8. The van der Waals surface area contributed by atoms with E-state index < -0.39 is 6.10 Å². The Kier molecular flexibility index (Phi) is 5.05. The summed E-state index contributed by atoms with van der Waals surface area (Å²) in [7, 11) is 1.62. The number of rotatable bonds is 6. The Balaban J connectivity index is 1.91. The number of aliphatic hydroxyl groups is 1. The monoisotopic (exact) mass is 265 g/mol. The number of nitrogens with zero attached hydrogens (tertiary/aromatic N) is 1. The maximum Gasteiger partial charge on any atom is 0.161 e. The molecule has 0 bridgehead atoms. The number of ether oxygens (including phenoxy) is 2. The Labute approximate surface area is 114 Å². The fraction of sp³-hybridized carbons (Fsp3) is 0.600. The molecule has 19 heavy (non-hydrogen) atoms. The van der Waals surface area contributed by atoms with Gasteiger partial charge in [-0.1, -0.05) is 6.07 Å². The van der Waals surface area contributed by atoms with Crippen LogP contribution in [0.3, 0.4) is 0 Å². The smallest absolute Gasteiger partial charge is 0.161 e. The van der Waals surface area contributed by atoms with E-state index in [-0.39, 0.29) is 0 Å². The molecular formula is C15H23NO3. The summed E-state index contributed by atoms with van der Waals surface area (Å²) in [4.78, 5) is 2.41. The largest absolute Gasteiger partial charge is 0.493 e. The molecular weight excluding hydrogens is 242 g/mol. The van der Waals surface area contributed by atoms with E-state index in [1.54, 1.807) is 14.0 Å². The lowest BCUT2D eigenvalue weighted by atomic mass is 10.1. The maximum atomic E-state index is 9.55. The molecule has 0 amide bonds. The van der Waals surface area contributed by atoms with Crippen LogP contribution >= 0.6 is 0 Å². The highest BCUT2D eigenvalue weighted by Gasteiger charge is 2.12. The first-order chi connectivity index (χ1) is 9.20. The van der Waals surface area contributed by atoms with Gasteiger partial charge in [0.15, 0.2) is 11.5 Å². The first kappa shape index (κ1) is 14.2. The Morgan fingerprint density at radius 3 is 2.63 bits per heavy atom.